The van der Waals surface area contributed by atoms with E-state index in [1.807, 2.05) is 49.4 Å². The van der Waals surface area contributed by atoms with Gasteiger partial charge in [-0.15, -0.1) is 5.10 Å². The van der Waals surface area contributed by atoms with Gasteiger partial charge in [0, 0.05) is 0 Å². The molecule has 0 unspecified atom stereocenters. The minimum Gasteiger partial charge on any atom is -0.422 e. The van der Waals surface area contributed by atoms with Gasteiger partial charge in [-0.25, -0.2) is 4.79 Å². The van der Waals surface area contributed by atoms with Crippen LogP contribution in [0.1, 0.15) is 21.7 Å². The molecule has 1 aromatic heterocycles. The van der Waals surface area contributed by atoms with Crippen LogP contribution in [-0.2, 0) is 0 Å². The Kier molecular flexibility index (Phi) is 3.70. The molecule has 0 N–H and O–H groups in total. The minimum atomic E-state index is -0.509. The van der Waals surface area contributed by atoms with Crippen molar-refractivity contribution in [3.05, 3.63) is 71.5 Å². The van der Waals surface area contributed by atoms with Gasteiger partial charge < -0.3 is 4.74 Å². The third-order valence-corrected chi connectivity index (χ3v) is 3.16. The second-order valence-electron chi connectivity index (χ2n) is 4.97. The number of hydrogen-bond acceptors (Lipinski definition) is 4. The van der Waals surface area contributed by atoms with Gasteiger partial charge in [0.25, 0.3) is 0 Å². The van der Waals surface area contributed by atoms with Gasteiger partial charge in [-0.05, 0) is 43.7 Å². The summed E-state index contributed by atoms with van der Waals surface area (Å²) in [6.45, 7) is 3.67. The van der Waals surface area contributed by atoms with Gasteiger partial charge in [0.05, 0.1) is 11.4 Å². The Morgan fingerprint density at radius 3 is 2.50 bits per heavy atom. The van der Waals surface area contributed by atoms with Gasteiger partial charge in [0.15, 0.2) is 5.69 Å². The molecule has 3 rings (SSSR count). The maximum absolute atomic E-state index is 12.3. The average Bonchev–Trinajstić information content (AvgIpc) is 2.90. The zero-order valence-corrected chi connectivity index (χ0v) is 12.4. The van der Waals surface area contributed by atoms with Crippen LogP contribution in [0.5, 0.6) is 5.75 Å². The number of nitrogens with zero attached hydrogens (tertiary/aromatic N) is 3. The first-order valence-electron chi connectivity index (χ1n) is 6.92. The van der Waals surface area contributed by atoms with Crippen molar-refractivity contribution >= 4 is 5.97 Å². The van der Waals surface area contributed by atoms with Crippen LogP contribution < -0.4 is 4.74 Å². The van der Waals surface area contributed by atoms with E-state index in [2.05, 4.69) is 10.2 Å². The first-order chi connectivity index (χ1) is 10.6. The second kappa shape index (κ2) is 5.81. The second-order valence-corrected chi connectivity index (χ2v) is 4.97. The molecule has 3 aromatic rings. The monoisotopic (exact) mass is 293 g/mol. The molecule has 5 heteroatoms. The highest BCUT2D eigenvalue weighted by atomic mass is 16.5. The van der Waals surface area contributed by atoms with Crippen LogP contribution in [0.15, 0.2) is 54.6 Å². The summed E-state index contributed by atoms with van der Waals surface area (Å²) in [4.78, 5) is 13.7. The van der Waals surface area contributed by atoms with E-state index in [9.17, 15) is 4.79 Å². The molecule has 0 amide bonds. The van der Waals surface area contributed by atoms with Crippen LogP contribution in [0.3, 0.4) is 0 Å². The fraction of sp³-hybridized carbons (Fsp3) is 0.118. The molecule has 5 nitrogen and oxygen atoms in total. The van der Waals surface area contributed by atoms with Crippen LogP contribution in [0.25, 0.3) is 5.69 Å². The summed E-state index contributed by atoms with van der Waals surface area (Å²) in [5.41, 5.74) is 2.56. The van der Waals surface area contributed by atoms with Crippen molar-refractivity contribution in [3.8, 4) is 11.4 Å². The lowest BCUT2D eigenvalue weighted by Crippen LogP contribution is -2.11. The van der Waals surface area contributed by atoms with Crippen molar-refractivity contribution in [2.45, 2.75) is 13.8 Å². The molecule has 0 aliphatic carbocycles. The Labute approximate surface area is 128 Å². The summed E-state index contributed by atoms with van der Waals surface area (Å²) in [5, 5.41) is 8.50. The van der Waals surface area contributed by atoms with Crippen LogP contribution in [0.2, 0.25) is 0 Å². The third kappa shape index (κ3) is 2.88. The summed E-state index contributed by atoms with van der Waals surface area (Å²) in [6, 6.07) is 16.7. The van der Waals surface area contributed by atoms with E-state index in [4.69, 9.17) is 4.74 Å². The number of esters is 1. The summed E-state index contributed by atoms with van der Waals surface area (Å²) in [6.07, 6.45) is 0. The number of aryl methyl sites for hydroxylation is 2. The van der Waals surface area contributed by atoms with Crippen LogP contribution in [0, 0.1) is 13.8 Å². The van der Waals surface area contributed by atoms with E-state index >= 15 is 0 Å². The van der Waals surface area contributed by atoms with Crippen molar-refractivity contribution in [3.63, 3.8) is 0 Å². The molecule has 0 bridgehead atoms. The molecule has 0 spiro atoms. The number of carbonyl (C=O) groups excluding carboxylic acids is 1. The predicted octanol–water partition coefficient (Wildman–Crippen LogP) is 3.10. The molecule has 0 aliphatic heterocycles. The molecular weight excluding hydrogens is 278 g/mol. The van der Waals surface area contributed by atoms with E-state index in [0.29, 0.717) is 11.4 Å². The average molecular weight is 293 g/mol. The number of hydrogen-bond donors (Lipinski definition) is 0. The number of aromatic nitrogens is 3. The lowest BCUT2D eigenvalue weighted by molar-refractivity contribution is 0.0727. The van der Waals surface area contributed by atoms with E-state index < -0.39 is 5.97 Å². The molecule has 0 radical (unpaired) electrons. The van der Waals surface area contributed by atoms with Crippen molar-refractivity contribution in [1.29, 1.82) is 0 Å². The van der Waals surface area contributed by atoms with E-state index in [1.165, 1.54) is 4.80 Å². The molecule has 0 fully saturated rings. The smallest absolute Gasteiger partial charge is 0.366 e. The number of ether oxygens (including phenoxy) is 1. The molecule has 0 saturated carbocycles. The highest BCUT2D eigenvalue weighted by molar-refractivity contribution is 5.90. The van der Waals surface area contributed by atoms with E-state index in [-0.39, 0.29) is 5.69 Å². The Hall–Kier alpha value is -2.95. The van der Waals surface area contributed by atoms with Crippen molar-refractivity contribution in [1.82, 2.24) is 15.0 Å². The van der Waals surface area contributed by atoms with Crippen molar-refractivity contribution < 1.29 is 9.53 Å². The Bertz CT molecular complexity index is 810. The summed E-state index contributed by atoms with van der Waals surface area (Å²) >= 11 is 0. The zero-order chi connectivity index (χ0) is 15.5. The van der Waals surface area contributed by atoms with Crippen molar-refractivity contribution in [2.24, 2.45) is 0 Å². The zero-order valence-electron chi connectivity index (χ0n) is 12.4. The SMILES string of the molecule is Cc1cccc(OC(=O)c2nn(-c3ccccc3)nc2C)c1. The molecular formula is C17H15N3O2. The van der Waals surface area contributed by atoms with Crippen LogP contribution in [0.4, 0.5) is 0 Å². The predicted molar refractivity (Wildman–Crippen MR) is 82.2 cm³/mol. The van der Waals surface area contributed by atoms with Gasteiger partial charge in [0.1, 0.15) is 5.75 Å². The van der Waals surface area contributed by atoms with Gasteiger partial charge in [-0.2, -0.15) is 9.90 Å². The standard InChI is InChI=1S/C17H15N3O2/c1-12-7-6-10-15(11-12)22-17(21)16-13(2)18-20(19-16)14-8-4-3-5-9-14/h3-11H,1-2H3. The Balaban J connectivity index is 1.86. The molecule has 0 aliphatic rings. The summed E-state index contributed by atoms with van der Waals surface area (Å²) in [5.74, 6) is -0.0102. The van der Waals surface area contributed by atoms with Gasteiger partial charge >= 0.3 is 5.97 Å². The highest BCUT2D eigenvalue weighted by Crippen LogP contribution is 2.15. The number of carbonyl (C=O) groups is 1. The van der Waals surface area contributed by atoms with Gasteiger partial charge in [0.2, 0.25) is 0 Å². The topological polar surface area (TPSA) is 57.0 Å². The summed E-state index contributed by atoms with van der Waals surface area (Å²) in [7, 11) is 0. The van der Waals surface area contributed by atoms with Gasteiger partial charge in [-0.3, -0.25) is 0 Å². The molecule has 0 atom stereocenters. The fourth-order valence-electron chi connectivity index (χ4n) is 2.08. The normalized spacial score (nSPS) is 10.5. The minimum absolute atomic E-state index is 0.213. The van der Waals surface area contributed by atoms with Crippen LogP contribution >= 0.6 is 0 Å². The quantitative estimate of drug-likeness (QED) is 0.550. The number of rotatable bonds is 3. The maximum Gasteiger partial charge on any atom is 0.366 e. The number of benzene rings is 2. The molecule has 0 saturated heterocycles. The van der Waals surface area contributed by atoms with Crippen LogP contribution in [-0.4, -0.2) is 21.0 Å². The largest absolute Gasteiger partial charge is 0.422 e. The Morgan fingerprint density at radius 1 is 1.00 bits per heavy atom. The first-order valence-corrected chi connectivity index (χ1v) is 6.92. The lowest BCUT2D eigenvalue weighted by atomic mass is 10.2. The molecule has 22 heavy (non-hydrogen) atoms. The molecule has 110 valence electrons. The van der Waals surface area contributed by atoms with Crippen molar-refractivity contribution in [2.75, 3.05) is 0 Å². The third-order valence-electron chi connectivity index (χ3n) is 3.16. The van der Waals surface area contributed by atoms with E-state index in [1.54, 1.807) is 19.1 Å². The number of para-hydroxylation sites is 1. The van der Waals surface area contributed by atoms with Gasteiger partial charge in [-0.1, -0.05) is 30.3 Å². The first kappa shape index (κ1) is 14.0. The summed E-state index contributed by atoms with van der Waals surface area (Å²) < 4.78 is 5.36. The molecule has 1 heterocycles. The Morgan fingerprint density at radius 2 is 1.77 bits per heavy atom. The highest BCUT2D eigenvalue weighted by Gasteiger charge is 2.18. The lowest BCUT2D eigenvalue weighted by Gasteiger charge is -2.03. The molecule has 2 aromatic carbocycles. The van der Waals surface area contributed by atoms with E-state index in [0.717, 1.165) is 11.3 Å². The fourth-order valence-corrected chi connectivity index (χ4v) is 2.08. The maximum atomic E-state index is 12.3.